The van der Waals surface area contributed by atoms with Crippen LogP contribution in [-0.4, -0.2) is 34.8 Å². The van der Waals surface area contributed by atoms with Crippen molar-refractivity contribution in [1.82, 2.24) is 10.2 Å². The molecular formula is C19H24FN3O3. The molecular weight excluding hydrogens is 337 g/mol. The molecule has 1 aliphatic carbocycles. The van der Waals surface area contributed by atoms with Crippen LogP contribution in [0.1, 0.15) is 50.5 Å². The maximum atomic E-state index is 13.6. The van der Waals surface area contributed by atoms with Gasteiger partial charge in [-0.3, -0.25) is 14.5 Å². The Morgan fingerprint density at radius 3 is 2.50 bits per heavy atom. The van der Waals surface area contributed by atoms with Gasteiger partial charge < -0.3 is 10.6 Å². The summed E-state index contributed by atoms with van der Waals surface area (Å²) < 4.78 is 13.6. The molecule has 1 saturated heterocycles. The van der Waals surface area contributed by atoms with E-state index in [0.717, 1.165) is 37.0 Å². The highest BCUT2D eigenvalue weighted by Gasteiger charge is 2.50. The lowest BCUT2D eigenvalue weighted by atomic mass is 9.84. The van der Waals surface area contributed by atoms with Gasteiger partial charge in [0.05, 0.1) is 0 Å². The van der Waals surface area contributed by atoms with Gasteiger partial charge in [0, 0.05) is 5.69 Å². The quantitative estimate of drug-likeness (QED) is 0.812. The first-order chi connectivity index (χ1) is 12.4. The molecule has 0 atom stereocenters. The molecule has 4 amide bonds. The van der Waals surface area contributed by atoms with E-state index in [1.807, 2.05) is 0 Å². The van der Waals surface area contributed by atoms with Crippen LogP contribution in [0.4, 0.5) is 14.9 Å². The summed E-state index contributed by atoms with van der Waals surface area (Å²) in [6.45, 7) is 1.25. The van der Waals surface area contributed by atoms with E-state index in [1.54, 1.807) is 19.1 Å². The topological polar surface area (TPSA) is 78.5 Å². The van der Waals surface area contributed by atoms with Crippen LogP contribution in [0.3, 0.4) is 0 Å². The van der Waals surface area contributed by atoms with Gasteiger partial charge in [0.2, 0.25) is 5.91 Å². The highest BCUT2D eigenvalue weighted by molar-refractivity contribution is 6.10. The van der Waals surface area contributed by atoms with E-state index >= 15 is 0 Å². The zero-order chi connectivity index (χ0) is 18.7. The summed E-state index contributed by atoms with van der Waals surface area (Å²) in [7, 11) is 0. The number of carbonyl (C=O) groups is 3. The summed E-state index contributed by atoms with van der Waals surface area (Å²) in [5.41, 5.74) is -0.0950. The highest BCUT2D eigenvalue weighted by atomic mass is 19.1. The minimum atomic E-state index is -0.867. The molecule has 1 spiro atoms. The van der Waals surface area contributed by atoms with Crippen LogP contribution < -0.4 is 10.6 Å². The van der Waals surface area contributed by atoms with E-state index in [1.165, 1.54) is 6.07 Å². The fourth-order valence-electron chi connectivity index (χ4n) is 3.68. The van der Waals surface area contributed by atoms with Crippen molar-refractivity contribution in [2.75, 3.05) is 11.9 Å². The Balaban J connectivity index is 1.66. The Morgan fingerprint density at radius 1 is 1.19 bits per heavy atom. The molecule has 1 heterocycles. The molecule has 0 bridgehead atoms. The second-order valence-corrected chi connectivity index (χ2v) is 7.18. The number of aryl methyl sites for hydroxylation is 1. The number of rotatable bonds is 3. The average molecular weight is 361 g/mol. The number of hydrogen-bond donors (Lipinski definition) is 2. The molecule has 7 heteroatoms. The van der Waals surface area contributed by atoms with E-state index in [-0.39, 0.29) is 12.5 Å². The predicted octanol–water partition coefficient (Wildman–Crippen LogP) is 3.11. The molecule has 0 radical (unpaired) electrons. The van der Waals surface area contributed by atoms with Crippen LogP contribution in [0.15, 0.2) is 18.2 Å². The fraction of sp³-hybridized carbons (Fsp3) is 0.526. The lowest BCUT2D eigenvalue weighted by Crippen LogP contribution is -2.47. The van der Waals surface area contributed by atoms with Crippen molar-refractivity contribution in [2.24, 2.45) is 0 Å². The van der Waals surface area contributed by atoms with Crippen molar-refractivity contribution < 1.29 is 18.8 Å². The first kappa shape index (κ1) is 18.4. The molecule has 1 saturated carbocycles. The van der Waals surface area contributed by atoms with Gasteiger partial charge in [-0.25, -0.2) is 9.18 Å². The summed E-state index contributed by atoms with van der Waals surface area (Å²) in [6, 6.07) is 3.83. The normalized spacial score (nSPS) is 19.8. The third-order valence-corrected chi connectivity index (χ3v) is 5.21. The largest absolute Gasteiger partial charge is 0.325 e. The third kappa shape index (κ3) is 3.71. The lowest BCUT2D eigenvalue weighted by molar-refractivity contribution is -0.134. The predicted molar refractivity (Wildman–Crippen MR) is 95.1 cm³/mol. The van der Waals surface area contributed by atoms with Gasteiger partial charge in [0.15, 0.2) is 0 Å². The van der Waals surface area contributed by atoms with Crippen molar-refractivity contribution >= 4 is 23.5 Å². The number of halogens is 1. The number of amides is 4. The van der Waals surface area contributed by atoms with Crippen molar-refractivity contribution in [3.05, 3.63) is 29.6 Å². The Morgan fingerprint density at radius 2 is 1.85 bits per heavy atom. The molecule has 2 aliphatic rings. The van der Waals surface area contributed by atoms with E-state index in [2.05, 4.69) is 10.6 Å². The molecule has 1 aliphatic heterocycles. The van der Waals surface area contributed by atoms with Crippen molar-refractivity contribution in [2.45, 2.75) is 57.4 Å². The Labute approximate surface area is 152 Å². The molecule has 2 fully saturated rings. The number of anilines is 1. The molecule has 26 heavy (non-hydrogen) atoms. The van der Waals surface area contributed by atoms with Gasteiger partial charge >= 0.3 is 6.03 Å². The molecule has 0 aromatic heterocycles. The van der Waals surface area contributed by atoms with E-state index in [0.29, 0.717) is 24.1 Å². The molecule has 6 nitrogen and oxygen atoms in total. The zero-order valence-electron chi connectivity index (χ0n) is 14.9. The first-order valence-corrected chi connectivity index (χ1v) is 9.11. The monoisotopic (exact) mass is 361 g/mol. The zero-order valence-corrected chi connectivity index (χ0v) is 14.9. The van der Waals surface area contributed by atoms with Gasteiger partial charge in [0.1, 0.15) is 17.9 Å². The number of nitrogens with one attached hydrogen (secondary N) is 2. The lowest BCUT2D eigenvalue weighted by Gasteiger charge is -2.28. The highest BCUT2D eigenvalue weighted by Crippen LogP contribution is 2.32. The minimum Gasteiger partial charge on any atom is -0.324 e. The number of hydrogen-bond acceptors (Lipinski definition) is 3. The summed E-state index contributed by atoms with van der Waals surface area (Å²) in [6.07, 6.45) is 6.23. The molecule has 3 rings (SSSR count). The fourth-order valence-corrected chi connectivity index (χ4v) is 3.68. The van der Waals surface area contributed by atoms with Crippen LogP contribution >= 0.6 is 0 Å². The average Bonchev–Trinajstić information content (AvgIpc) is 2.80. The molecule has 0 unspecified atom stereocenters. The second-order valence-electron chi connectivity index (χ2n) is 7.18. The smallest absolute Gasteiger partial charge is 0.324 e. The summed E-state index contributed by atoms with van der Waals surface area (Å²) in [5.74, 6) is -1.28. The van der Waals surface area contributed by atoms with E-state index < -0.39 is 23.3 Å². The summed E-state index contributed by atoms with van der Waals surface area (Å²) >= 11 is 0. The molecule has 2 N–H and O–H groups in total. The van der Waals surface area contributed by atoms with Gasteiger partial charge in [-0.2, -0.15) is 0 Å². The van der Waals surface area contributed by atoms with Gasteiger partial charge in [-0.1, -0.05) is 38.2 Å². The maximum Gasteiger partial charge on any atom is 0.325 e. The summed E-state index contributed by atoms with van der Waals surface area (Å²) in [5, 5.41) is 5.36. The van der Waals surface area contributed by atoms with Crippen molar-refractivity contribution in [3.63, 3.8) is 0 Å². The Hall–Kier alpha value is -2.44. The number of carbonyl (C=O) groups excluding carboxylic acids is 3. The van der Waals surface area contributed by atoms with Crippen LogP contribution in [0.25, 0.3) is 0 Å². The summed E-state index contributed by atoms with van der Waals surface area (Å²) in [4.78, 5) is 38.4. The molecule has 140 valence electrons. The van der Waals surface area contributed by atoms with Gasteiger partial charge in [0.25, 0.3) is 5.91 Å². The standard InChI is InChI=1S/C19H24FN3O3/c1-13-7-8-14(11-15(13)20)21-16(24)12-23-17(25)19(22-18(23)26)9-5-3-2-4-6-10-19/h7-8,11H,2-6,9-10,12H2,1H3,(H,21,24)(H,22,26). The van der Waals surface area contributed by atoms with Crippen molar-refractivity contribution in [1.29, 1.82) is 0 Å². The second kappa shape index (κ2) is 7.43. The SMILES string of the molecule is Cc1ccc(NC(=O)CN2C(=O)NC3(CCCCCCC3)C2=O)cc1F. The third-order valence-electron chi connectivity index (χ3n) is 5.21. The van der Waals surface area contributed by atoms with Crippen LogP contribution in [0.5, 0.6) is 0 Å². The Bertz CT molecular complexity index is 727. The minimum absolute atomic E-state index is 0.297. The van der Waals surface area contributed by atoms with Crippen LogP contribution in [0.2, 0.25) is 0 Å². The van der Waals surface area contributed by atoms with Crippen LogP contribution in [-0.2, 0) is 9.59 Å². The molecule has 1 aromatic carbocycles. The van der Waals surface area contributed by atoms with Crippen LogP contribution in [0, 0.1) is 12.7 Å². The van der Waals surface area contributed by atoms with Crippen molar-refractivity contribution in [3.8, 4) is 0 Å². The number of urea groups is 1. The van der Waals surface area contributed by atoms with E-state index in [9.17, 15) is 18.8 Å². The maximum absolute atomic E-state index is 13.6. The Kier molecular flexibility index (Phi) is 5.25. The van der Waals surface area contributed by atoms with Gasteiger partial charge in [-0.05, 0) is 37.5 Å². The van der Waals surface area contributed by atoms with Gasteiger partial charge in [-0.15, -0.1) is 0 Å². The number of imide groups is 1. The first-order valence-electron chi connectivity index (χ1n) is 9.11. The number of nitrogens with zero attached hydrogens (tertiary/aromatic N) is 1. The number of benzene rings is 1. The molecule has 1 aromatic rings. The van der Waals surface area contributed by atoms with E-state index in [4.69, 9.17) is 0 Å².